The third kappa shape index (κ3) is 2.82. The minimum atomic E-state index is -0.249. The Labute approximate surface area is 133 Å². The van der Waals surface area contributed by atoms with Crippen molar-refractivity contribution >= 4 is 18.3 Å². The maximum absolute atomic E-state index is 12.4. The van der Waals surface area contributed by atoms with Gasteiger partial charge in [-0.1, -0.05) is 0 Å². The number of hydrogen-bond donors (Lipinski definition) is 2. The number of amides is 1. The van der Waals surface area contributed by atoms with E-state index in [1.165, 1.54) is 32.1 Å². The summed E-state index contributed by atoms with van der Waals surface area (Å²) in [6, 6.07) is 0.427. The number of ether oxygens (including phenoxy) is 1. The van der Waals surface area contributed by atoms with Crippen LogP contribution in [0.3, 0.4) is 0 Å². The smallest absolute Gasteiger partial charge is 0.249 e. The van der Waals surface area contributed by atoms with Gasteiger partial charge in [-0.3, -0.25) is 4.79 Å². The first-order valence-electron chi connectivity index (χ1n) is 8.39. The summed E-state index contributed by atoms with van der Waals surface area (Å²) in [5.74, 6) is 3.51. The van der Waals surface area contributed by atoms with Gasteiger partial charge in [-0.2, -0.15) is 0 Å². The van der Waals surface area contributed by atoms with E-state index in [4.69, 9.17) is 10.5 Å². The Balaban J connectivity index is 0.00000132. The Morgan fingerprint density at radius 1 is 1.05 bits per heavy atom. The first-order chi connectivity index (χ1) is 9.72. The molecule has 5 rings (SSSR count). The van der Waals surface area contributed by atoms with E-state index in [1.54, 1.807) is 0 Å². The normalized spacial score (nSPS) is 47.2. The summed E-state index contributed by atoms with van der Waals surface area (Å²) in [6.45, 7) is 0.530. The lowest BCUT2D eigenvalue weighted by Crippen LogP contribution is -2.57. The van der Waals surface area contributed by atoms with Crippen LogP contribution in [0.15, 0.2) is 0 Å². The van der Waals surface area contributed by atoms with Gasteiger partial charge < -0.3 is 15.8 Å². The highest BCUT2D eigenvalue weighted by atomic mass is 35.5. The van der Waals surface area contributed by atoms with Crippen LogP contribution in [0.2, 0.25) is 0 Å². The molecule has 21 heavy (non-hydrogen) atoms. The van der Waals surface area contributed by atoms with Crippen LogP contribution in [0, 0.1) is 23.7 Å². The summed E-state index contributed by atoms with van der Waals surface area (Å²) >= 11 is 0. The molecular weight excluding hydrogens is 288 g/mol. The molecule has 2 atom stereocenters. The van der Waals surface area contributed by atoms with Gasteiger partial charge in [-0.25, -0.2) is 0 Å². The molecule has 1 amide bonds. The second-order valence-corrected chi connectivity index (χ2v) is 7.52. The zero-order chi connectivity index (χ0) is 13.7. The molecule has 5 heteroatoms. The van der Waals surface area contributed by atoms with Crippen LogP contribution in [-0.2, 0) is 9.53 Å². The van der Waals surface area contributed by atoms with Gasteiger partial charge in [0.1, 0.15) is 6.10 Å². The van der Waals surface area contributed by atoms with Crippen LogP contribution < -0.4 is 11.1 Å². The Kier molecular flexibility index (Phi) is 4.49. The summed E-state index contributed by atoms with van der Waals surface area (Å²) in [4.78, 5) is 12.4. The number of hydrogen-bond acceptors (Lipinski definition) is 3. The third-order valence-corrected chi connectivity index (χ3v) is 6.20. The van der Waals surface area contributed by atoms with E-state index in [2.05, 4.69) is 5.32 Å². The lowest BCUT2D eigenvalue weighted by molar-refractivity contribution is -0.135. The van der Waals surface area contributed by atoms with Gasteiger partial charge in [-0.05, 0) is 68.6 Å². The fraction of sp³-hybridized carbons (Fsp3) is 0.938. The summed E-state index contributed by atoms with van der Waals surface area (Å²) in [5.41, 5.74) is 5.62. The zero-order valence-corrected chi connectivity index (χ0v) is 13.3. The lowest BCUT2D eigenvalue weighted by atomic mass is 9.54. The molecule has 1 heterocycles. The topological polar surface area (TPSA) is 64.4 Å². The molecule has 4 nitrogen and oxygen atoms in total. The summed E-state index contributed by atoms with van der Waals surface area (Å²) in [6.07, 6.45) is 8.42. The largest absolute Gasteiger partial charge is 0.364 e. The molecule has 0 spiro atoms. The number of halogens is 1. The van der Waals surface area contributed by atoms with E-state index in [0.717, 1.165) is 36.5 Å². The Hall–Kier alpha value is -0.320. The average Bonchev–Trinajstić information content (AvgIpc) is 2.91. The fourth-order valence-electron chi connectivity index (χ4n) is 5.49. The van der Waals surface area contributed by atoms with Gasteiger partial charge in [0.25, 0.3) is 0 Å². The number of nitrogens with two attached hydrogens (primary N) is 1. The second kappa shape index (κ2) is 6.05. The van der Waals surface area contributed by atoms with Crippen LogP contribution in [0.5, 0.6) is 0 Å². The molecule has 5 aliphatic rings. The predicted molar refractivity (Wildman–Crippen MR) is 83.2 cm³/mol. The third-order valence-electron chi connectivity index (χ3n) is 6.20. The van der Waals surface area contributed by atoms with Crippen molar-refractivity contribution < 1.29 is 9.53 Å². The first-order valence-corrected chi connectivity index (χ1v) is 8.39. The number of rotatable bonds is 3. The van der Waals surface area contributed by atoms with E-state index in [0.29, 0.717) is 12.6 Å². The SMILES string of the molecule is Cl.NC[C@H]1CC[C@@H](C(=O)NC2C3CC4CC(C3)CC2C4)O1. The zero-order valence-electron chi connectivity index (χ0n) is 12.5. The maximum atomic E-state index is 12.4. The quantitative estimate of drug-likeness (QED) is 0.835. The van der Waals surface area contributed by atoms with Crippen molar-refractivity contribution in [3.05, 3.63) is 0 Å². The molecule has 0 aromatic carbocycles. The molecular formula is C16H27ClN2O2. The molecule has 4 aliphatic carbocycles. The van der Waals surface area contributed by atoms with Gasteiger partial charge in [-0.15, -0.1) is 12.4 Å². The maximum Gasteiger partial charge on any atom is 0.249 e. The molecule has 0 unspecified atom stereocenters. The van der Waals surface area contributed by atoms with Crippen molar-refractivity contribution in [2.45, 2.75) is 63.2 Å². The van der Waals surface area contributed by atoms with Crippen molar-refractivity contribution in [1.82, 2.24) is 5.32 Å². The van der Waals surface area contributed by atoms with E-state index in [1.807, 2.05) is 0 Å². The second-order valence-electron chi connectivity index (χ2n) is 7.52. The molecule has 5 fully saturated rings. The van der Waals surface area contributed by atoms with Crippen molar-refractivity contribution in [3.8, 4) is 0 Å². The highest BCUT2D eigenvalue weighted by Crippen LogP contribution is 2.53. The molecule has 1 saturated heterocycles. The van der Waals surface area contributed by atoms with Crippen LogP contribution >= 0.6 is 12.4 Å². The minimum Gasteiger partial charge on any atom is -0.364 e. The van der Waals surface area contributed by atoms with E-state index in [9.17, 15) is 4.79 Å². The Bertz CT molecular complexity index is 376. The van der Waals surface area contributed by atoms with E-state index in [-0.39, 0.29) is 30.5 Å². The molecule has 0 aromatic rings. The first kappa shape index (κ1) is 15.6. The predicted octanol–water partition coefficient (Wildman–Crippen LogP) is 1.86. The number of carbonyl (C=O) groups excluding carboxylic acids is 1. The molecule has 1 aliphatic heterocycles. The molecule has 3 N–H and O–H groups in total. The van der Waals surface area contributed by atoms with E-state index >= 15 is 0 Å². The van der Waals surface area contributed by atoms with Gasteiger partial charge in [0.15, 0.2) is 0 Å². The highest BCUT2D eigenvalue weighted by molar-refractivity contribution is 5.85. The summed E-state index contributed by atoms with van der Waals surface area (Å²) < 4.78 is 5.73. The van der Waals surface area contributed by atoms with E-state index < -0.39 is 0 Å². The summed E-state index contributed by atoms with van der Waals surface area (Å²) in [5, 5.41) is 3.34. The van der Waals surface area contributed by atoms with Crippen LogP contribution in [-0.4, -0.2) is 30.7 Å². The molecule has 120 valence electrons. The standard InChI is InChI=1S/C16H26N2O2.ClH/c17-8-13-1-2-14(20-13)16(19)18-15-11-4-9-3-10(6-11)7-12(15)5-9;/h9-15H,1-8,17H2,(H,18,19);1H/t9?,10?,11?,12?,13-,14+,15?;/m1./s1. The lowest BCUT2D eigenvalue weighted by Gasteiger charge is -2.54. The Morgan fingerprint density at radius 3 is 2.19 bits per heavy atom. The highest BCUT2D eigenvalue weighted by Gasteiger charge is 2.49. The summed E-state index contributed by atoms with van der Waals surface area (Å²) in [7, 11) is 0. The molecule has 4 bridgehead atoms. The molecule has 0 aromatic heterocycles. The fourth-order valence-corrected chi connectivity index (χ4v) is 5.49. The van der Waals surface area contributed by atoms with Crippen molar-refractivity contribution in [2.24, 2.45) is 29.4 Å². The van der Waals surface area contributed by atoms with Gasteiger partial charge in [0.2, 0.25) is 5.91 Å². The van der Waals surface area contributed by atoms with Gasteiger partial charge in [0.05, 0.1) is 6.10 Å². The van der Waals surface area contributed by atoms with Crippen molar-refractivity contribution in [3.63, 3.8) is 0 Å². The monoisotopic (exact) mass is 314 g/mol. The van der Waals surface area contributed by atoms with Crippen LogP contribution in [0.25, 0.3) is 0 Å². The Morgan fingerprint density at radius 2 is 1.67 bits per heavy atom. The van der Waals surface area contributed by atoms with Crippen molar-refractivity contribution in [2.75, 3.05) is 6.54 Å². The average molecular weight is 315 g/mol. The number of carbonyl (C=O) groups is 1. The van der Waals surface area contributed by atoms with Crippen LogP contribution in [0.4, 0.5) is 0 Å². The van der Waals surface area contributed by atoms with Gasteiger partial charge >= 0.3 is 0 Å². The number of nitrogens with one attached hydrogen (secondary N) is 1. The molecule has 4 saturated carbocycles. The molecule has 0 radical (unpaired) electrons. The minimum absolute atomic E-state index is 0. The van der Waals surface area contributed by atoms with Crippen LogP contribution in [0.1, 0.15) is 44.9 Å². The van der Waals surface area contributed by atoms with Crippen molar-refractivity contribution in [1.29, 1.82) is 0 Å². The van der Waals surface area contributed by atoms with Gasteiger partial charge in [0, 0.05) is 12.6 Å².